The zero-order valence-corrected chi connectivity index (χ0v) is 12.8. The fourth-order valence-corrected chi connectivity index (χ4v) is 2.34. The first-order valence-corrected chi connectivity index (χ1v) is 7.28. The van der Waals surface area contributed by atoms with Crippen LogP contribution in [-0.2, 0) is 4.74 Å². The summed E-state index contributed by atoms with van der Waals surface area (Å²) in [4.78, 5) is 13.9. The van der Waals surface area contributed by atoms with Gasteiger partial charge in [-0.1, -0.05) is 24.3 Å². The molecule has 0 saturated carbocycles. The number of ether oxygens (including phenoxy) is 1. The van der Waals surface area contributed by atoms with Crippen molar-refractivity contribution in [2.24, 2.45) is 0 Å². The topological polar surface area (TPSA) is 29.5 Å². The quantitative estimate of drug-likeness (QED) is 0.815. The summed E-state index contributed by atoms with van der Waals surface area (Å²) in [6.07, 6.45) is 5.54. The molecule has 0 spiro atoms. The monoisotopic (exact) mass is 291 g/mol. The Morgan fingerprint density at radius 2 is 2.00 bits per heavy atom. The SMILES string of the molecule is CC(C)(C)OC(=O)N1CCCC1C=Cc1ccc(F)cc1. The number of hydrogen-bond donors (Lipinski definition) is 0. The Morgan fingerprint density at radius 3 is 2.62 bits per heavy atom. The maximum absolute atomic E-state index is 12.9. The molecular formula is C17H22FNO2. The molecule has 21 heavy (non-hydrogen) atoms. The molecule has 1 saturated heterocycles. The molecule has 0 N–H and O–H groups in total. The first-order valence-electron chi connectivity index (χ1n) is 7.28. The van der Waals surface area contributed by atoms with Gasteiger partial charge in [-0.25, -0.2) is 9.18 Å². The Bertz CT molecular complexity index is 517. The van der Waals surface area contributed by atoms with Gasteiger partial charge in [0.2, 0.25) is 0 Å². The molecule has 1 heterocycles. The van der Waals surface area contributed by atoms with E-state index in [4.69, 9.17) is 4.74 Å². The number of benzene rings is 1. The summed E-state index contributed by atoms with van der Waals surface area (Å²) in [7, 11) is 0. The van der Waals surface area contributed by atoms with Crippen LogP contribution in [-0.4, -0.2) is 29.2 Å². The summed E-state index contributed by atoms with van der Waals surface area (Å²) in [5.74, 6) is -0.247. The van der Waals surface area contributed by atoms with Crippen LogP contribution in [0.2, 0.25) is 0 Å². The van der Waals surface area contributed by atoms with Gasteiger partial charge in [0.15, 0.2) is 0 Å². The van der Waals surface area contributed by atoms with Crippen LogP contribution in [0.25, 0.3) is 6.08 Å². The lowest BCUT2D eigenvalue weighted by atomic mass is 10.1. The van der Waals surface area contributed by atoms with Crippen molar-refractivity contribution in [2.45, 2.75) is 45.3 Å². The van der Waals surface area contributed by atoms with Gasteiger partial charge in [0.25, 0.3) is 0 Å². The Balaban J connectivity index is 2.01. The molecule has 1 aliphatic rings. The number of hydrogen-bond acceptors (Lipinski definition) is 2. The van der Waals surface area contributed by atoms with Crippen molar-refractivity contribution in [3.8, 4) is 0 Å². The van der Waals surface area contributed by atoms with Crippen LogP contribution in [0.5, 0.6) is 0 Å². The summed E-state index contributed by atoms with van der Waals surface area (Å²) in [5.41, 5.74) is 0.442. The van der Waals surface area contributed by atoms with Gasteiger partial charge in [-0.05, 0) is 51.3 Å². The van der Waals surface area contributed by atoms with Crippen molar-refractivity contribution in [2.75, 3.05) is 6.54 Å². The Morgan fingerprint density at radius 1 is 1.33 bits per heavy atom. The highest BCUT2D eigenvalue weighted by Gasteiger charge is 2.30. The summed E-state index contributed by atoms with van der Waals surface area (Å²) < 4.78 is 18.3. The van der Waals surface area contributed by atoms with Gasteiger partial charge in [-0.3, -0.25) is 0 Å². The lowest BCUT2D eigenvalue weighted by Gasteiger charge is -2.27. The molecule has 0 bridgehead atoms. The molecule has 1 aromatic rings. The van der Waals surface area contributed by atoms with E-state index in [0.717, 1.165) is 18.4 Å². The maximum Gasteiger partial charge on any atom is 0.410 e. The Labute approximate surface area is 125 Å². The van der Waals surface area contributed by atoms with Gasteiger partial charge >= 0.3 is 6.09 Å². The predicted molar refractivity (Wildman–Crippen MR) is 81.4 cm³/mol. The number of halogens is 1. The molecule has 1 aromatic carbocycles. The van der Waals surface area contributed by atoms with Crippen molar-refractivity contribution in [3.05, 3.63) is 41.7 Å². The first kappa shape index (κ1) is 15.5. The Kier molecular flexibility index (Phi) is 4.66. The largest absolute Gasteiger partial charge is 0.444 e. The average Bonchev–Trinajstić information content (AvgIpc) is 2.84. The third-order valence-electron chi connectivity index (χ3n) is 3.31. The van der Waals surface area contributed by atoms with Gasteiger partial charge in [0.1, 0.15) is 11.4 Å². The van der Waals surface area contributed by atoms with Gasteiger partial charge in [0, 0.05) is 6.54 Å². The second-order valence-corrected chi connectivity index (χ2v) is 6.29. The first-order chi connectivity index (χ1) is 9.85. The molecule has 4 heteroatoms. The molecule has 2 rings (SSSR count). The minimum absolute atomic E-state index is 0.0462. The highest BCUT2D eigenvalue weighted by atomic mass is 19.1. The minimum atomic E-state index is -0.481. The van der Waals surface area contributed by atoms with Crippen LogP contribution in [0.15, 0.2) is 30.3 Å². The smallest absolute Gasteiger partial charge is 0.410 e. The van der Waals surface area contributed by atoms with E-state index in [1.165, 1.54) is 12.1 Å². The number of likely N-dealkylation sites (tertiary alicyclic amines) is 1. The summed E-state index contributed by atoms with van der Waals surface area (Å²) in [6.45, 7) is 6.31. The van der Waals surface area contributed by atoms with Gasteiger partial charge in [-0.2, -0.15) is 0 Å². The number of amides is 1. The summed E-state index contributed by atoms with van der Waals surface area (Å²) >= 11 is 0. The van der Waals surface area contributed by atoms with E-state index in [2.05, 4.69) is 0 Å². The average molecular weight is 291 g/mol. The lowest BCUT2D eigenvalue weighted by Crippen LogP contribution is -2.39. The number of rotatable bonds is 2. The number of nitrogens with zero attached hydrogens (tertiary/aromatic N) is 1. The molecule has 0 radical (unpaired) electrons. The molecule has 114 valence electrons. The summed E-state index contributed by atoms with van der Waals surface area (Å²) in [5, 5.41) is 0. The third-order valence-corrected chi connectivity index (χ3v) is 3.31. The van der Waals surface area contributed by atoms with Gasteiger partial charge < -0.3 is 9.64 Å². The third kappa shape index (κ3) is 4.59. The molecule has 1 atom stereocenters. The molecule has 0 aliphatic carbocycles. The van der Waals surface area contributed by atoms with Gasteiger partial charge in [0.05, 0.1) is 6.04 Å². The van der Waals surface area contributed by atoms with E-state index >= 15 is 0 Å². The van der Waals surface area contributed by atoms with Crippen molar-refractivity contribution >= 4 is 12.2 Å². The highest BCUT2D eigenvalue weighted by molar-refractivity contribution is 5.69. The standard InChI is InChI=1S/C17H22FNO2/c1-17(2,3)21-16(20)19-12-4-5-15(19)11-8-13-6-9-14(18)10-7-13/h6-11,15H,4-5,12H2,1-3H3. The van der Waals surface area contributed by atoms with Crippen LogP contribution in [0.4, 0.5) is 9.18 Å². The second kappa shape index (κ2) is 6.29. The molecular weight excluding hydrogens is 269 g/mol. The fourth-order valence-electron chi connectivity index (χ4n) is 2.34. The molecule has 3 nitrogen and oxygen atoms in total. The zero-order valence-electron chi connectivity index (χ0n) is 12.8. The van der Waals surface area contributed by atoms with Crippen molar-refractivity contribution in [1.29, 1.82) is 0 Å². The van der Waals surface area contributed by atoms with E-state index in [1.807, 2.05) is 32.9 Å². The summed E-state index contributed by atoms with van der Waals surface area (Å²) in [6, 6.07) is 6.35. The van der Waals surface area contributed by atoms with Crippen LogP contribution < -0.4 is 0 Å². The molecule has 1 fully saturated rings. The second-order valence-electron chi connectivity index (χ2n) is 6.29. The van der Waals surface area contributed by atoms with Crippen molar-refractivity contribution in [3.63, 3.8) is 0 Å². The van der Waals surface area contributed by atoms with Crippen molar-refractivity contribution in [1.82, 2.24) is 4.90 Å². The normalized spacial score (nSPS) is 19.2. The predicted octanol–water partition coefficient (Wildman–Crippen LogP) is 4.24. The highest BCUT2D eigenvalue weighted by Crippen LogP contribution is 2.22. The van der Waals surface area contributed by atoms with Crippen LogP contribution >= 0.6 is 0 Å². The van der Waals surface area contributed by atoms with E-state index in [9.17, 15) is 9.18 Å². The van der Waals surface area contributed by atoms with E-state index < -0.39 is 5.60 Å². The number of carbonyl (C=O) groups is 1. The molecule has 1 aliphatic heterocycles. The van der Waals surface area contributed by atoms with Crippen LogP contribution in [0, 0.1) is 5.82 Å². The van der Waals surface area contributed by atoms with E-state index in [0.29, 0.717) is 6.54 Å². The fraction of sp³-hybridized carbons (Fsp3) is 0.471. The molecule has 0 aromatic heterocycles. The van der Waals surface area contributed by atoms with Crippen molar-refractivity contribution < 1.29 is 13.9 Å². The van der Waals surface area contributed by atoms with E-state index in [1.54, 1.807) is 17.0 Å². The molecule has 1 unspecified atom stereocenters. The zero-order chi connectivity index (χ0) is 15.5. The van der Waals surface area contributed by atoms with Crippen LogP contribution in [0.3, 0.4) is 0 Å². The minimum Gasteiger partial charge on any atom is -0.444 e. The maximum atomic E-state index is 12.9. The lowest BCUT2D eigenvalue weighted by molar-refractivity contribution is 0.0256. The number of carbonyl (C=O) groups excluding carboxylic acids is 1. The van der Waals surface area contributed by atoms with E-state index in [-0.39, 0.29) is 18.0 Å². The molecule has 1 amide bonds. The Hall–Kier alpha value is -1.84. The van der Waals surface area contributed by atoms with Gasteiger partial charge in [-0.15, -0.1) is 0 Å². The van der Waals surface area contributed by atoms with Crippen LogP contribution in [0.1, 0.15) is 39.2 Å².